The van der Waals surface area contributed by atoms with E-state index in [-0.39, 0.29) is 17.7 Å². The average molecular weight is 303 g/mol. The molecule has 116 valence electrons. The van der Waals surface area contributed by atoms with E-state index in [9.17, 15) is 18.0 Å². The number of halogens is 3. The molecule has 1 heterocycles. The topological polar surface area (TPSA) is 49.8 Å². The van der Waals surface area contributed by atoms with Gasteiger partial charge in [-0.25, -0.2) is 0 Å². The van der Waals surface area contributed by atoms with Crippen molar-refractivity contribution in [1.29, 1.82) is 0 Å². The van der Waals surface area contributed by atoms with Crippen molar-refractivity contribution >= 4 is 5.97 Å². The van der Waals surface area contributed by atoms with E-state index < -0.39 is 12.3 Å². The molecular formula is C14H16F3NO3. The van der Waals surface area contributed by atoms with E-state index in [2.05, 4.69) is 4.74 Å². The highest BCUT2D eigenvalue weighted by atomic mass is 19.4. The Bertz CT molecular complexity index is 501. The van der Waals surface area contributed by atoms with Gasteiger partial charge in [0.2, 0.25) is 0 Å². The highest BCUT2D eigenvalue weighted by Gasteiger charge is 2.32. The van der Waals surface area contributed by atoms with Crippen LogP contribution in [0, 0.1) is 5.92 Å². The number of likely N-dealkylation sites (tertiary alicyclic amines) is 1. The van der Waals surface area contributed by atoms with Crippen LogP contribution < -0.4 is 4.74 Å². The zero-order valence-electron chi connectivity index (χ0n) is 11.4. The number of rotatable bonds is 4. The Hall–Kier alpha value is -1.76. The molecule has 1 aliphatic rings. The Kier molecular flexibility index (Phi) is 4.41. The predicted molar refractivity (Wildman–Crippen MR) is 68.9 cm³/mol. The van der Waals surface area contributed by atoms with Crippen LogP contribution in [0.5, 0.6) is 5.75 Å². The maximum Gasteiger partial charge on any atom is 0.573 e. The number of hydrogen-bond donors (Lipinski definition) is 1. The highest BCUT2D eigenvalue weighted by Crippen LogP contribution is 2.29. The lowest BCUT2D eigenvalue weighted by atomic mass is 10.1. The molecule has 7 heteroatoms. The van der Waals surface area contributed by atoms with Crippen molar-refractivity contribution in [3.05, 3.63) is 29.8 Å². The van der Waals surface area contributed by atoms with Gasteiger partial charge >= 0.3 is 12.3 Å². The normalized spacial score (nSPS) is 21.2. The van der Waals surface area contributed by atoms with E-state index in [1.165, 1.54) is 12.1 Å². The highest BCUT2D eigenvalue weighted by molar-refractivity contribution is 5.70. The molecule has 0 aromatic heterocycles. The second kappa shape index (κ2) is 5.93. The van der Waals surface area contributed by atoms with Gasteiger partial charge in [0.05, 0.1) is 5.92 Å². The van der Waals surface area contributed by atoms with Gasteiger partial charge < -0.3 is 9.84 Å². The van der Waals surface area contributed by atoms with Gasteiger partial charge in [0.25, 0.3) is 0 Å². The van der Waals surface area contributed by atoms with Crippen LogP contribution in [0.2, 0.25) is 0 Å². The van der Waals surface area contributed by atoms with Gasteiger partial charge in [-0.05, 0) is 37.6 Å². The molecule has 21 heavy (non-hydrogen) atoms. The van der Waals surface area contributed by atoms with Crippen LogP contribution in [-0.2, 0) is 4.79 Å². The quantitative estimate of drug-likeness (QED) is 0.929. The van der Waals surface area contributed by atoms with E-state index in [0.717, 1.165) is 5.56 Å². The maximum atomic E-state index is 12.1. The second-order valence-electron chi connectivity index (χ2n) is 5.11. The molecule has 1 aromatic carbocycles. The van der Waals surface area contributed by atoms with E-state index >= 15 is 0 Å². The average Bonchev–Trinajstić information content (AvgIpc) is 2.86. The molecule has 2 atom stereocenters. The molecule has 0 unspecified atom stereocenters. The smallest absolute Gasteiger partial charge is 0.481 e. The van der Waals surface area contributed by atoms with E-state index in [4.69, 9.17) is 5.11 Å². The van der Waals surface area contributed by atoms with Crippen LogP contribution in [0.1, 0.15) is 24.9 Å². The number of benzene rings is 1. The van der Waals surface area contributed by atoms with Crippen molar-refractivity contribution in [2.45, 2.75) is 25.7 Å². The third-order valence-corrected chi connectivity index (χ3v) is 3.71. The fourth-order valence-electron chi connectivity index (χ4n) is 2.50. The number of carboxylic acid groups (broad SMARTS) is 1. The molecule has 4 nitrogen and oxygen atoms in total. The molecule has 0 aliphatic carbocycles. The number of hydrogen-bond acceptors (Lipinski definition) is 3. The molecular weight excluding hydrogens is 287 g/mol. The largest absolute Gasteiger partial charge is 0.573 e. The number of alkyl halides is 3. The van der Waals surface area contributed by atoms with Gasteiger partial charge in [-0.1, -0.05) is 12.1 Å². The number of ether oxygens (including phenoxy) is 1. The van der Waals surface area contributed by atoms with Crippen LogP contribution in [-0.4, -0.2) is 35.4 Å². The van der Waals surface area contributed by atoms with Crippen LogP contribution in [0.3, 0.4) is 0 Å². The Morgan fingerprint density at radius 3 is 2.48 bits per heavy atom. The molecule has 1 aliphatic heterocycles. The van der Waals surface area contributed by atoms with Gasteiger partial charge in [-0.3, -0.25) is 9.69 Å². The Balaban J connectivity index is 2.00. The van der Waals surface area contributed by atoms with Crippen molar-refractivity contribution < 1.29 is 27.8 Å². The second-order valence-corrected chi connectivity index (χ2v) is 5.11. The SMILES string of the molecule is C[C@H](c1ccc(OC(F)(F)F)cc1)N1CC[C@@H](C(=O)O)C1. The van der Waals surface area contributed by atoms with Crippen LogP contribution >= 0.6 is 0 Å². The first kappa shape index (κ1) is 15.6. The molecule has 2 rings (SSSR count). The summed E-state index contributed by atoms with van der Waals surface area (Å²) in [5, 5.41) is 8.98. The third kappa shape index (κ3) is 4.10. The molecule has 0 bridgehead atoms. The summed E-state index contributed by atoms with van der Waals surface area (Å²) in [6.45, 7) is 3.03. The van der Waals surface area contributed by atoms with Crippen LogP contribution in [0.4, 0.5) is 13.2 Å². The van der Waals surface area contributed by atoms with E-state index in [1.807, 2.05) is 11.8 Å². The van der Waals surface area contributed by atoms with Gasteiger partial charge in [-0.2, -0.15) is 0 Å². The Labute approximate surface area is 120 Å². The van der Waals surface area contributed by atoms with Gasteiger partial charge in [-0.15, -0.1) is 13.2 Å². The van der Waals surface area contributed by atoms with Crippen molar-refractivity contribution in [3.63, 3.8) is 0 Å². The van der Waals surface area contributed by atoms with Crippen molar-refractivity contribution in [3.8, 4) is 5.75 Å². The number of carbonyl (C=O) groups is 1. The summed E-state index contributed by atoms with van der Waals surface area (Å²) in [6, 6.07) is 5.63. The van der Waals surface area contributed by atoms with Gasteiger partial charge in [0.15, 0.2) is 0 Å². The molecule has 0 spiro atoms. The molecule has 1 N–H and O–H groups in total. The summed E-state index contributed by atoms with van der Waals surface area (Å²) in [7, 11) is 0. The monoisotopic (exact) mass is 303 g/mol. The van der Waals surface area contributed by atoms with Gasteiger partial charge in [0, 0.05) is 12.6 Å². The number of carboxylic acids is 1. The van der Waals surface area contributed by atoms with E-state index in [0.29, 0.717) is 19.5 Å². The first-order valence-corrected chi connectivity index (χ1v) is 6.59. The molecule has 0 saturated carbocycles. The van der Waals surface area contributed by atoms with Crippen molar-refractivity contribution in [2.75, 3.05) is 13.1 Å². The van der Waals surface area contributed by atoms with E-state index in [1.54, 1.807) is 12.1 Å². The Morgan fingerprint density at radius 1 is 1.38 bits per heavy atom. The fraction of sp³-hybridized carbons (Fsp3) is 0.500. The zero-order chi connectivity index (χ0) is 15.6. The zero-order valence-corrected chi connectivity index (χ0v) is 11.4. The minimum absolute atomic E-state index is 0.0470. The lowest BCUT2D eigenvalue weighted by Crippen LogP contribution is -2.26. The lowest BCUT2D eigenvalue weighted by Gasteiger charge is -2.24. The summed E-state index contributed by atoms with van der Waals surface area (Å²) >= 11 is 0. The molecule has 0 amide bonds. The lowest BCUT2D eigenvalue weighted by molar-refractivity contribution is -0.274. The first-order valence-electron chi connectivity index (χ1n) is 6.59. The summed E-state index contributed by atoms with van der Waals surface area (Å²) in [5.74, 6) is -1.44. The maximum absolute atomic E-state index is 12.1. The molecule has 0 radical (unpaired) electrons. The standard InChI is InChI=1S/C14H16F3NO3/c1-9(18-7-6-11(8-18)13(19)20)10-2-4-12(5-3-10)21-14(15,16)17/h2-5,9,11H,6-8H2,1H3,(H,19,20)/t9-,11-/m1/s1. The number of nitrogens with zero attached hydrogens (tertiary/aromatic N) is 1. The fourth-order valence-corrected chi connectivity index (χ4v) is 2.50. The molecule has 1 saturated heterocycles. The van der Waals surface area contributed by atoms with Crippen molar-refractivity contribution in [1.82, 2.24) is 4.90 Å². The van der Waals surface area contributed by atoms with Gasteiger partial charge in [0.1, 0.15) is 5.75 Å². The molecule has 1 aromatic rings. The van der Waals surface area contributed by atoms with Crippen LogP contribution in [0.15, 0.2) is 24.3 Å². The summed E-state index contributed by atoms with van der Waals surface area (Å²) in [4.78, 5) is 12.9. The Morgan fingerprint density at radius 2 is 2.00 bits per heavy atom. The summed E-state index contributed by atoms with van der Waals surface area (Å²) in [5.41, 5.74) is 0.829. The van der Waals surface area contributed by atoms with Crippen LogP contribution in [0.25, 0.3) is 0 Å². The third-order valence-electron chi connectivity index (χ3n) is 3.71. The summed E-state index contributed by atoms with van der Waals surface area (Å²) in [6.07, 6.45) is -4.11. The number of aliphatic carboxylic acids is 1. The predicted octanol–water partition coefficient (Wildman–Crippen LogP) is 3.05. The molecule has 1 fully saturated rings. The summed E-state index contributed by atoms with van der Waals surface area (Å²) < 4.78 is 40.1. The minimum atomic E-state index is -4.70. The first-order chi connectivity index (χ1) is 9.76. The minimum Gasteiger partial charge on any atom is -0.481 e. The van der Waals surface area contributed by atoms with Crippen molar-refractivity contribution in [2.24, 2.45) is 5.92 Å².